The van der Waals surface area contributed by atoms with Gasteiger partial charge in [0, 0.05) is 24.2 Å². The van der Waals surface area contributed by atoms with E-state index >= 15 is 0 Å². The molecule has 0 unspecified atom stereocenters. The molecule has 1 aliphatic heterocycles. The van der Waals surface area contributed by atoms with E-state index < -0.39 is 0 Å². The van der Waals surface area contributed by atoms with Crippen LogP contribution in [0.3, 0.4) is 0 Å². The van der Waals surface area contributed by atoms with Crippen molar-refractivity contribution in [3.05, 3.63) is 64.2 Å². The zero-order chi connectivity index (χ0) is 22.9. The van der Waals surface area contributed by atoms with Crippen molar-refractivity contribution in [2.24, 2.45) is 0 Å². The van der Waals surface area contributed by atoms with Gasteiger partial charge in [-0.2, -0.15) is 5.26 Å². The number of hydrogen-bond acceptors (Lipinski definition) is 5. The monoisotopic (exact) mass is 440 g/mol. The second-order valence-electron chi connectivity index (χ2n) is 9.08. The lowest BCUT2D eigenvalue weighted by atomic mass is 9.88. The molecular weight excluding hydrogens is 412 g/mol. The maximum Gasteiger partial charge on any atom is 0.254 e. The normalized spacial score (nSPS) is 16.5. The molecule has 7 nitrogen and oxygen atoms in total. The summed E-state index contributed by atoms with van der Waals surface area (Å²) < 4.78 is 0. The SMILES string of the molecule is CCc1cc(C2CC2)c(-c2nnc(N)[nH]2)cc1C(=O)N1CCC(c2ccc(C#N)cc2)CC1. The lowest BCUT2D eigenvalue weighted by molar-refractivity contribution is 0.0712. The molecule has 7 heteroatoms. The molecule has 2 aromatic carbocycles. The molecule has 168 valence electrons. The van der Waals surface area contributed by atoms with Gasteiger partial charge in [0.1, 0.15) is 0 Å². The predicted molar refractivity (Wildman–Crippen MR) is 127 cm³/mol. The van der Waals surface area contributed by atoms with Crippen LogP contribution in [-0.2, 0) is 6.42 Å². The highest BCUT2D eigenvalue weighted by Gasteiger charge is 2.31. The van der Waals surface area contributed by atoms with E-state index in [1.807, 2.05) is 35.2 Å². The first-order chi connectivity index (χ1) is 16.1. The first-order valence-corrected chi connectivity index (χ1v) is 11.7. The van der Waals surface area contributed by atoms with Crippen LogP contribution in [0.15, 0.2) is 36.4 Å². The van der Waals surface area contributed by atoms with E-state index in [2.05, 4.69) is 34.2 Å². The number of likely N-dealkylation sites (tertiary alicyclic amines) is 1. The minimum Gasteiger partial charge on any atom is -0.368 e. The van der Waals surface area contributed by atoms with E-state index in [0.29, 0.717) is 23.2 Å². The summed E-state index contributed by atoms with van der Waals surface area (Å²) >= 11 is 0. The first-order valence-electron chi connectivity index (χ1n) is 11.7. The Balaban J connectivity index is 1.38. The molecule has 1 aliphatic carbocycles. The van der Waals surface area contributed by atoms with Gasteiger partial charge in [-0.15, -0.1) is 10.2 Å². The van der Waals surface area contributed by atoms with Crippen molar-refractivity contribution >= 4 is 11.9 Å². The van der Waals surface area contributed by atoms with Crippen molar-refractivity contribution in [1.29, 1.82) is 5.26 Å². The number of nitrogens with one attached hydrogen (secondary N) is 1. The third-order valence-electron chi connectivity index (χ3n) is 6.96. The summed E-state index contributed by atoms with van der Waals surface area (Å²) in [4.78, 5) is 18.6. The molecule has 33 heavy (non-hydrogen) atoms. The molecule has 2 heterocycles. The Morgan fingerprint density at radius 2 is 1.85 bits per heavy atom. The van der Waals surface area contributed by atoms with Gasteiger partial charge in [-0.1, -0.05) is 25.1 Å². The number of nitrogens with two attached hydrogens (primary N) is 1. The molecule has 1 amide bonds. The maximum absolute atomic E-state index is 13.6. The summed E-state index contributed by atoms with van der Waals surface area (Å²) in [6.45, 7) is 3.55. The number of aryl methyl sites for hydroxylation is 1. The van der Waals surface area contributed by atoms with Crippen LogP contribution < -0.4 is 5.73 Å². The van der Waals surface area contributed by atoms with E-state index in [0.717, 1.165) is 61.9 Å². The van der Waals surface area contributed by atoms with E-state index in [-0.39, 0.29) is 11.9 Å². The molecule has 2 aliphatic rings. The number of benzene rings is 2. The average Bonchev–Trinajstić information content (AvgIpc) is 3.63. The number of amides is 1. The lowest BCUT2D eigenvalue weighted by Gasteiger charge is -2.33. The van der Waals surface area contributed by atoms with Crippen molar-refractivity contribution < 1.29 is 4.79 Å². The Morgan fingerprint density at radius 3 is 2.42 bits per heavy atom. The summed E-state index contributed by atoms with van der Waals surface area (Å²) in [5.74, 6) is 1.93. The fraction of sp³-hybridized carbons (Fsp3) is 0.385. The van der Waals surface area contributed by atoms with Crippen LogP contribution in [0.2, 0.25) is 0 Å². The molecule has 3 N–H and O–H groups in total. The molecule has 0 radical (unpaired) electrons. The lowest BCUT2D eigenvalue weighted by Crippen LogP contribution is -2.38. The Labute approximate surface area is 193 Å². The van der Waals surface area contributed by atoms with Crippen LogP contribution in [0, 0.1) is 11.3 Å². The van der Waals surface area contributed by atoms with E-state index in [4.69, 9.17) is 11.0 Å². The van der Waals surface area contributed by atoms with Gasteiger partial charge in [-0.3, -0.25) is 4.79 Å². The number of H-pyrrole nitrogens is 1. The summed E-state index contributed by atoms with van der Waals surface area (Å²) in [6, 6.07) is 14.2. The standard InChI is InChI=1S/C26H28N6O/c1-2-17-13-21(20-7-8-20)23(24-29-26(28)31-30-24)14-22(17)25(33)32-11-9-19(10-12-32)18-5-3-16(15-27)4-6-18/h3-6,13-14,19-20H,2,7-12H2,1H3,(H3,28,29,30,31). The summed E-state index contributed by atoms with van der Waals surface area (Å²) in [5, 5.41) is 17.2. The number of hydrogen-bond donors (Lipinski definition) is 2. The third-order valence-corrected chi connectivity index (χ3v) is 6.96. The minimum absolute atomic E-state index is 0.0845. The smallest absolute Gasteiger partial charge is 0.254 e. The number of nitrogen functional groups attached to an aromatic ring is 1. The zero-order valence-electron chi connectivity index (χ0n) is 18.8. The number of carbonyl (C=O) groups is 1. The zero-order valence-corrected chi connectivity index (χ0v) is 18.8. The second-order valence-corrected chi connectivity index (χ2v) is 9.08. The number of carbonyl (C=O) groups excluding carboxylic acids is 1. The van der Waals surface area contributed by atoms with Gasteiger partial charge in [-0.05, 0) is 78.8 Å². The van der Waals surface area contributed by atoms with E-state index in [1.165, 1.54) is 11.1 Å². The Morgan fingerprint density at radius 1 is 1.12 bits per heavy atom. The highest BCUT2D eigenvalue weighted by molar-refractivity contribution is 5.97. The minimum atomic E-state index is 0.0845. The summed E-state index contributed by atoms with van der Waals surface area (Å²) in [7, 11) is 0. The number of nitriles is 1. The number of nitrogens with zero attached hydrogens (tertiary/aromatic N) is 4. The molecule has 1 saturated heterocycles. The van der Waals surface area contributed by atoms with Gasteiger partial charge in [0.05, 0.1) is 11.6 Å². The molecule has 5 rings (SSSR count). The number of aromatic nitrogens is 3. The van der Waals surface area contributed by atoms with Gasteiger partial charge in [0.2, 0.25) is 5.95 Å². The Bertz CT molecular complexity index is 1210. The van der Waals surface area contributed by atoms with E-state index in [1.54, 1.807) is 0 Å². The van der Waals surface area contributed by atoms with Gasteiger partial charge in [0.25, 0.3) is 5.91 Å². The number of piperidine rings is 1. The molecule has 2 fully saturated rings. The Kier molecular flexibility index (Phi) is 5.59. The van der Waals surface area contributed by atoms with Crippen molar-refractivity contribution in [2.45, 2.75) is 50.9 Å². The van der Waals surface area contributed by atoms with Gasteiger partial charge in [0.15, 0.2) is 5.82 Å². The predicted octanol–water partition coefficient (Wildman–Crippen LogP) is 4.39. The Hall–Kier alpha value is -3.66. The van der Waals surface area contributed by atoms with Crippen LogP contribution in [-0.4, -0.2) is 39.1 Å². The molecule has 1 aromatic heterocycles. The van der Waals surface area contributed by atoms with Gasteiger partial charge >= 0.3 is 0 Å². The van der Waals surface area contributed by atoms with Crippen LogP contribution in [0.5, 0.6) is 0 Å². The van der Waals surface area contributed by atoms with Crippen molar-refractivity contribution in [2.75, 3.05) is 18.8 Å². The van der Waals surface area contributed by atoms with Crippen molar-refractivity contribution in [3.63, 3.8) is 0 Å². The number of rotatable bonds is 5. The molecular formula is C26H28N6O. The van der Waals surface area contributed by atoms with Gasteiger partial charge in [-0.25, -0.2) is 0 Å². The quantitative estimate of drug-likeness (QED) is 0.611. The number of anilines is 1. The van der Waals surface area contributed by atoms with Crippen LogP contribution in [0.1, 0.15) is 77.1 Å². The highest BCUT2D eigenvalue weighted by atomic mass is 16.2. The average molecular weight is 441 g/mol. The fourth-order valence-corrected chi connectivity index (χ4v) is 4.90. The molecule has 0 bridgehead atoms. The van der Waals surface area contributed by atoms with Crippen molar-refractivity contribution in [1.82, 2.24) is 20.1 Å². The second kappa shape index (κ2) is 8.70. The molecule has 1 saturated carbocycles. The first kappa shape index (κ1) is 21.2. The molecule has 0 atom stereocenters. The molecule has 3 aromatic rings. The van der Waals surface area contributed by atoms with Gasteiger partial charge < -0.3 is 15.6 Å². The molecule has 0 spiro atoms. The summed E-state index contributed by atoms with van der Waals surface area (Å²) in [6.07, 6.45) is 4.97. The van der Waals surface area contributed by atoms with Crippen molar-refractivity contribution in [3.8, 4) is 17.5 Å². The third kappa shape index (κ3) is 4.21. The van der Waals surface area contributed by atoms with Crippen LogP contribution in [0.4, 0.5) is 5.95 Å². The topological polar surface area (TPSA) is 112 Å². The van der Waals surface area contributed by atoms with Crippen LogP contribution in [0.25, 0.3) is 11.4 Å². The maximum atomic E-state index is 13.6. The number of aromatic amines is 1. The fourth-order valence-electron chi connectivity index (χ4n) is 4.90. The highest BCUT2D eigenvalue weighted by Crippen LogP contribution is 2.45. The van der Waals surface area contributed by atoms with E-state index in [9.17, 15) is 4.79 Å². The largest absolute Gasteiger partial charge is 0.368 e. The summed E-state index contributed by atoms with van der Waals surface area (Å²) in [5.41, 5.74) is 11.7. The van der Waals surface area contributed by atoms with Crippen LogP contribution >= 0.6 is 0 Å².